The van der Waals surface area contributed by atoms with Crippen molar-refractivity contribution in [2.75, 3.05) is 13.2 Å². The van der Waals surface area contributed by atoms with Crippen molar-refractivity contribution in [2.45, 2.75) is 19.9 Å². The topological polar surface area (TPSA) is 21.3 Å². The molecule has 0 aliphatic rings. The van der Waals surface area contributed by atoms with E-state index < -0.39 is 0 Å². The van der Waals surface area contributed by atoms with Crippen LogP contribution in [-0.2, 0) is 0 Å². The van der Waals surface area contributed by atoms with Gasteiger partial charge in [-0.3, -0.25) is 0 Å². The molecule has 21 heavy (non-hydrogen) atoms. The summed E-state index contributed by atoms with van der Waals surface area (Å²) in [5.41, 5.74) is 1.55. The van der Waals surface area contributed by atoms with Gasteiger partial charge in [0.05, 0.1) is 17.1 Å². The molecule has 1 unspecified atom stereocenters. The lowest BCUT2D eigenvalue weighted by molar-refractivity contribution is 0.333. The monoisotopic (exact) mass is 351 g/mol. The maximum atomic E-state index is 14.5. The van der Waals surface area contributed by atoms with Crippen LogP contribution in [0.1, 0.15) is 31.0 Å². The highest BCUT2D eigenvalue weighted by Gasteiger charge is 2.21. The Bertz CT molecular complexity index is 603. The van der Waals surface area contributed by atoms with Gasteiger partial charge in [0.25, 0.3) is 0 Å². The van der Waals surface area contributed by atoms with Crippen LogP contribution in [0, 0.1) is 5.82 Å². The second kappa shape index (κ2) is 7.57. The van der Waals surface area contributed by atoms with Crippen molar-refractivity contribution in [1.82, 2.24) is 5.32 Å². The molecular formula is C17H19BrFNO. The highest BCUT2D eigenvalue weighted by atomic mass is 79.9. The number of halogens is 2. The molecule has 112 valence electrons. The summed E-state index contributed by atoms with van der Waals surface area (Å²) in [5, 5.41) is 3.34. The Hall–Kier alpha value is -1.39. The minimum Gasteiger partial charge on any atom is -0.494 e. The minimum atomic E-state index is -0.241. The molecule has 2 nitrogen and oxygen atoms in total. The van der Waals surface area contributed by atoms with Crippen LogP contribution in [-0.4, -0.2) is 13.2 Å². The largest absolute Gasteiger partial charge is 0.494 e. The third kappa shape index (κ3) is 3.63. The standard InChI is InChI=1S/C17H19BrFNO/c1-3-20-17(13-9-7-10-14(18)16(13)19)12-8-5-6-11-15(12)21-4-2/h5-11,17,20H,3-4H2,1-2H3. The van der Waals surface area contributed by atoms with Crippen molar-refractivity contribution >= 4 is 15.9 Å². The van der Waals surface area contributed by atoms with Gasteiger partial charge in [0, 0.05) is 11.1 Å². The van der Waals surface area contributed by atoms with Crippen LogP contribution >= 0.6 is 15.9 Å². The van der Waals surface area contributed by atoms with E-state index in [2.05, 4.69) is 21.2 Å². The van der Waals surface area contributed by atoms with Crippen LogP contribution in [0.4, 0.5) is 4.39 Å². The van der Waals surface area contributed by atoms with Gasteiger partial charge in [-0.25, -0.2) is 4.39 Å². The van der Waals surface area contributed by atoms with E-state index in [9.17, 15) is 4.39 Å². The number of rotatable bonds is 6. The van der Waals surface area contributed by atoms with E-state index in [-0.39, 0.29) is 11.9 Å². The van der Waals surface area contributed by atoms with E-state index in [0.717, 1.165) is 17.9 Å². The summed E-state index contributed by atoms with van der Waals surface area (Å²) in [4.78, 5) is 0. The van der Waals surface area contributed by atoms with Gasteiger partial charge in [-0.1, -0.05) is 37.3 Å². The van der Waals surface area contributed by atoms with Gasteiger partial charge in [0.15, 0.2) is 0 Å². The summed E-state index contributed by atoms with van der Waals surface area (Å²) in [5.74, 6) is 0.542. The zero-order valence-corrected chi connectivity index (χ0v) is 13.8. The van der Waals surface area contributed by atoms with Gasteiger partial charge < -0.3 is 10.1 Å². The predicted molar refractivity (Wildman–Crippen MR) is 87.2 cm³/mol. The average molecular weight is 352 g/mol. The lowest BCUT2D eigenvalue weighted by Gasteiger charge is -2.22. The smallest absolute Gasteiger partial charge is 0.142 e. The van der Waals surface area contributed by atoms with E-state index in [1.54, 1.807) is 12.1 Å². The molecule has 4 heteroatoms. The first-order valence-electron chi connectivity index (χ1n) is 7.08. The van der Waals surface area contributed by atoms with Gasteiger partial charge in [0.1, 0.15) is 11.6 Å². The fraction of sp³-hybridized carbons (Fsp3) is 0.294. The quantitative estimate of drug-likeness (QED) is 0.815. The Kier molecular flexibility index (Phi) is 5.76. The molecule has 0 fully saturated rings. The summed E-state index contributed by atoms with van der Waals surface area (Å²) in [6.45, 7) is 5.26. The zero-order chi connectivity index (χ0) is 15.2. The van der Waals surface area contributed by atoms with Gasteiger partial charge in [-0.2, -0.15) is 0 Å². The molecule has 0 aliphatic carbocycles. The fourth-order valence-electron chi connectivity index (χ4n) is 2.34. The van der Waals surface area contributed by atoms with Crippen molar-refractivity contribution < 1.29 is 9.13 Å². The van der Waals surface area contributed by atoms with Crippen LogP contribution in [0.15, 0.2) is 46.9 Å². The van der Waals surface area contributed by atoms with Crippen LogP contribution in [0.2, 0.25) is 0 Å². The molecule has 2 aromatic rings. The molecule has 0 bridgehead atoms. The maximum absolute atomic E-state index is 14.5. The summed E-state index contributed by atoms with van der Waals surface area (Å²) in [7, 11) is 0. The fourth-order valence-corrected chi connectivity index (χ4v) is 2.72. The Labute approximate surface area is 133 Å². The lowest BCUT2D eigenvalue weighted by Crippen LogP contribution is -2.23. The number of hydrogen-bond donors (Lipinski definition) is 1. The molecule has 2 rings (SSSR count). The molecule has 1 N–H and O–H groups in total. The maximum Gasteiger partial charge on any atom is 0.142 e. The van der Waals surface area contributed by atoms with Gasteiger partial charge >= 0.3 is 0 Å². The van der Waals surface area contributed by atoms with Gasteiger partial charge in [0.2, 0.25) is 0 Å². The Morgan fingerprint density at radius 3 is 2.52 bits per heavy atom. The van der Waals surface area contributed by atoms with Crippen LogP contribution in [0.3, 0.4) is 0 Å². The first-order valence-corrected chi connectivity index (χ1v) is 7.87. The normalized spacial score (nSPS) is 12.2. The van der Waals surface area contributed by atoms with Crippen molar-refractivity contribution in [3.05, 3.63) is 63.9 Å². The van der Waals surface area contributed by atoms with E-state index in [1.807, 2.05) is 44.2 Å². The third-order valence-corrected chi connectivity index (χ3v) is 3.84. The number of para-hydroxylation sites is 1. The first-order chi connectivity index (χ1) is 10.2. The van der Waals surface area contributed by atoms with E-state index in [0.29, 0.717) is 16.6 Å². The Balaban J connectivity index is 2.51. The van der Waals surface area contributed by atoms with E-state index >= 15 is 0 Å². The molecule has 0 amide bonds. The SMILES string of the molecule is CCNC(c1ccccc1OCC)c1cccc(Br)c1F. The lowest BCUT2D eigenvalue weighted by atomic mass is 9.97. The zero-order valence-electron chi connectivity index (χ0n) is 12.2. The summed E-state index contributed by atoms with van der Waals surface area (Å²) < 4.78 is 20.6. The van der Waals surface area contributed by atoms with Crippen LogP contribution < -0.4 is 10.1 Å². The number of hydrogen-bond acceptors (Lipinski definition) is 2. The van der Waals surface area contributed by atoms with Crippen LogP contribution in [0.5, 0.6) is 5.75 Å². The number of benzene rings is 2. The van der Waals surface area contributed by atoms with E-state index in [4.69, 9.17) is 4.74 Å². The van der Waals surface area contributed by atoms with Crippen molar-refractivity contribution in [1.29, 1.82) is 0 Å². The average Bonchev–Trinajstić information content (AvgIpc) is 2.49. The highest BCUT2D eigenvalue weighted by molar-refractivity contribution is 9.10. The van der Waals surface area contributed by atoms with Crippen molar-refractivity contribution in [3.8, 4) is 5.75 Å². The molecular weight excluding hydrogens is 333 g/mol. The highest BCUT2D eigenvalue weighted by Crippen LogP contribution is 2.33. The second-order valence-electron chi connectivity index (χ2n) is 4.60. The van der Waals surface area contributed by atoms with Gasteiger partial charge in [-0.05, 0) is 41.5 Å². The molecule has 0 aliphatic heterocycles. The van der Waals surface area contributed by atoms with Gasteiger partial charge in [-0.15, -0.1) is 0 Å². The minimum absolute atomic E-state index is 0.241. The molecule has 0 saturated heterocycles. The molecule has 0 radical (unpaired) electrons. The van der Waals surface area contributed by atoms with E-state index in [1.165, 1.54) is 0 Å². The van der Waals surface area contributed by atoms with Crippen LogP contribution in [0.25, 0.3) is 0 Å². The summed E-state index contributed by atoms with van der Waals surface area (Å²) in [6.07, 6.45) is 0. The molecule has 0 spiro atoms. The Morgan fingerprint density at radius 1 is 1.10 bits per heavy atom. The second-order valence-corrected chi connectivity index (χ2v) is 5.46. The van der Waals surface area contributed by atoms with Crippen molar-refractivity contribution in [2.24, 2.45) is 0 Å². The molecule has 0 saturated carbocycles. The predicted octanol–water partition coefficient (Wildman–Crippen LogP) is 4.69. The third-order valence-electron chi connectivity index (χ3n) is 3.23. The molecule has 0 heterocycles. The first kappa shape index (κ1) is 16.0. The number of nitrogens with one attached hydrogen (secondary N) is 1. The Morgan fingerprint density at radius 2 is 1.81 bits per heavy atom. The number of ether oxygens (including phenoxy) is 1. The molecule has 0 aromatic heterocycles. The molecule has 1 atom stereocenters. The summed E-state index contributed by atoms with van der Waals surface area (Å²) in [6, 6.07) is 12.9. The molecule has 2 aromatic carbocycles. The van der Waals surface area contributed by atoms with Crippen molar-refractivity contribution in [3.63, 3.8) is 0 Å². The summed E-state index contributed by atoms with van der Waals surface area (Å²) >= 11 is 3.25.